The molecule has 4 heteroatoms. The third kappa shape index (κ3) is 4.40. The van der Waals surface area contributed by atoms with Crippen LogP contribution in [0.2, 0.25) is 0 Å². The normalized spacial score (nSPS) is 11.7. The van der Waals surface area contributed by atoms with Gasteiger partial charge in [0.1, 0.15) is 5.75 Å². The Kier molecular flexibility index (Phi) is 5.66. The summed E-state index contributed by atoms with van der Waals surface area (Å²) in [6.45, 7) is 8.07. The van der Waals surface area contributed by atoms with E-state index in [1.165, 1.54) is 0 Å². The molecule has 1 aromatic heterocycles. The number of rotatable bonds is 7. The Morgan fingerprint density at radius 2 is 1.89 bits per heavy atom. The van der Waals surface area contributed by atoms with Crippen LogP contribution in [0.15, 0.2) is 48.5 Å². The molecule has 4 nitrogen and oxygen atoms in total. The summed E-state index contributed by atoms with van der Waals surface area (Å²) in [5, 5.41) is 4.44. The van der Waals surface area contributed by atoms with E-state index in [0.29, 0.717) is 12.2 Å². The zero-order chi connectivity index (χ0) is 19.4. The van der Waals surface area contributed by atoms with Gasteiger partial charge in [0.15, 0.2) is 6.29 Å². The highest BCUT2D eigenvalue weighted by Crippen LogP contribution is 2.34. The molecule has 0 bridgehead atoms. The van der Waals surface area contributed by atoms with Crippen molar-refractivity contribution in [1.82, 2.24) is 9.88 Å². The first-order valence-corrected chi connectivity index (χ1v) is 9.41. The second kappa shape index (κ2) is 7.97. The van der Waals surface area contributed by atoms with E-state index in [0.717, 1.165) is 47.2 Å². The summed E-state index contributed by atoms with van der Waals surface area (Å²) in [7, 11) is 2.02. The molecule has 0 amide bonds. The summed E-state index contributed by atoms with van der Waals surface area (Å²) in [5.41, 5.74) is 3.96. The predicted molar refractivity (Wildman–Crippen MR) is 112 cm³/mol. The van der Waals surface area contributed by atoms with Crippen LogP contribution in [0, 0.1) is 0 Å². The molecule has 0 saturated carbocycles. The van der Waals surface area contributed by atoms with Crippen molar-refractivity contribution in [3.63, 3.8) is 0 Å². The lowest BCUT2D eigenvalue weighted by atomic mass is 10.1. The van der Waals surface area contributed by atoms with Crippen LogP contribution in [0.4, 0.5) is 0 Å². The Balaban J connectivity index is 1.83. The standard InChI is InChI=1S/C23H28N2O2/c1-23(2,3)24-13-8-14-27-22-12-6-5-10-18(22)21-15-19-17(16-26)9-7-11-20(19)25(21)4/h5-7,9-12,15-16,24H,8,13-14H2,1-4H3. The topological polar surface area (TPSA) is 43.3 Å². The fraction of sp³-hybridized carbons (Fsp3) is 0.348. The molecular weight excluding hydrogens is 336 g/mol. The van der Waals surface area contributed by atoms with E-state index in [4.69, 9.17) is 4.74 Å². The Bertz CT molecular complexity index is 935. The zero-order valence-corrected chi connectivity index (χ0v) is 16.6. The Morgan fingerprint density at radius 1 is 1.11 bits per heavy atom. The van der Waals surface area contributed by atoms with Crippen LogP contribution in [0.3, 0.4) is 0 Å². The van der Waals surface area contributed by atoms with Crippen molar-refractivity contribution >= 4 is 17.2 Å². The van der Waals surface area contributed by atoms with E-state index < -0.39 is 0 Å². The van der Waals surface area contributed by atoms with E-state index in [-0.39, 0.29) is 5.54 Å². The Labute approximate surface area is 161 Å². The zero-order valence-electron chi connectivity index (χ0n) is 16.6. The van der Waals surface area contributed by atoms with Crippen molar-refractivity contribution < 1.29 is 9.53 Å². The van der Waals surface area contributed by atoms with Crippen molar-refractivity contribution in [2.45, 2.75) is 32.7 Å². The second-order valence-electron chi connectivity index (χ2n) is 7.86. The van der Waals surface area contributed by atoms with Gasteiger partial charge in [-0.2, -0.15) is 0 Å². The molecule has 0 atom stereocenters. The molecule has 142 valence electrons. The highest BCUT2D eigenvalue weighted by atomic mass is 16.5. The number of hydrogen-bond acceptors (Lipinski definition) is 3. The summed E-state index contributed by atoms with van der Waals surface area (Å²) < 4.78 is 8.21. The minimum absolute atomic E-state index is 0.122. The number of aromatic nitrogens is 1. The van der Waals surface area contributed by atoms with E-state index in [1.807, 2.05) is 43.4 Å². The smallest absolute Gasteiger partial charge is 0.150 e. The monoisotopic (exact) mass is 364 g/mol. The molecule has 2 aromatic carbocycles. The maximum atomic E-state index is 11.4. The fourth-order valence-corrected chi connectivity index (χ4v) is 3.27. The second-order valence-corrected chi connectivity index (χ2v) is 7.86. The van der Waals surface area contributed by atoms with E-state index in [1.54, 1.807) is 0 Å². The number of nitrogens with one attached hydrogen (secondary N) is 1. The molecular formula is C23H28N2O2. The molecule has 1 N–H and O–H groups in total. The summed E-state index contributed by atoms with van der Waals surface area (Å²) in [6, 6.07) is 16.0. The summed E-state index contributed by atoms with van der Waals surface area (Å²) >= 11 is 0. The van der Waals surface area contributed by atoms with Gasteiger partial charge in [0.2, 0.25) is 0 Å². The molecule has 0 spiro atoms. The molecule has 0 aliphatic carbocycles. The predicted octanol–water partition coefficient (Wildman–Crippen LogP) is 4.81. The van der Waals surface area contributed by atoms with Crippen LogP contribution in [-0.2, 0) is 7.05 Å². The summed E-state index contributed by atoms with van der Waals surface area (Å²) in [5.74, 6) is 0.867. The van der Waals surface area contributed by atoms with Gasteiger partial charge in [0.25, 0.3) is 0 Å². The number of ether oxygens (including phenoxy) is 1. The third-order valence-corrected chi connectivity index (χ3v) is 4.64. The van der Waals surface area contributed by atoms with Crippen LogP contribution in [0.25, 0.3) is 22.2 Å². The van der Waals surface area contributed by atoms with Crippen LogP contribution in [0.1, 0.15) is 37.6 Å². The molecule has 0 aliphatic rings. The summed E-state index contributed by atoms with van der Waals surface area (Å²) in [6.07, 6.45) is 1.85. The summed E-state index contributed by atoms with van der Waals surface area (Å²) in [4.78, 5) is 11.4. The minimum Gasteiger partial charge on any atom is -0.493 e. The lowest BCUT2D eigenvalue weighted by Gasteiger charge is -2.20. The Hall–Kier alpha value is -2.59. The number of nitrogens with zero attached hydrogens (tertiary/aromatic N) is 1. The first-order chi connectivity index (χ1) is 12.9. The average molecular weight is 364 g/mol. The van der Waals surface area contributed by atoms with Gasteiger partial charge < -0.3 is 14.6 Å². The number of carbonyl (C=O) groups is 1. The molecule has 1 heterocycles. The quantitative estimate of drug-likeness (QED) is 0.483. The minimum atomic E-state index is 0.122. The van der Waals surface area contributed by atoms with Crippen molar-refractivity contribution in [3.05, 3.63) is 54.1 Å². The number of aldehydes is 1. The third-order valence-electron chi connectivity index (χ3n) is 4.64. The van der Waals surface area contributed by atoms with Crippen LogP contribution in [-0.4, -0.2) is 29.5 Å². The SMILES string of the molecule is Cn1c(-c2ccccc2OCCCNC(C)(C)C)cc2c(C=O)cccc21. The van der Waals surface area contributed by atoms with Gasteiger partial charge in [-0.15, -0.1) is 0 Å². The van der Waals surface area contributed by atoms with Gasteiger partial charge in [0, 0.05) is 34.6 Å². The fourth-order valence-electron chi connectivity index (χ4n) is 3.27. The van der Waals surface area contributed by atoms with Gasteiger partial charge in [-0.1, -0.05) is 24.3 Å². The first kappa shape index (κ1) is 19.2. The van der Waals surface area contributed by atoms with Crippen LogP contribution in [0.5, 0.6) is 5.75 Å². The molecule has 0 radical (unpaired) electrons. The number of fused-ring (bicyclic) bond motifs is 1. The van der Waals surface area contributed by atoms with Crippen molar-refractivity contribution in [3.8, 4) is 17.0 Å². The van der Waals surface area contributed by atoms with Crippen LogP contribution < -0.4 is 10.1 Å². The van der Waals surface area contributed by atoms with E-state index >= 15 is 0 Å². The van der Waals surface area contributed by atoms with E-state index in [9.17, 15) is 4.79 Å². The van der Waals surface area contributed by atoms with Gasteiger partial charge >= 0.3 is 0 Å². The maximum Gasteiger partial charge on any atom is 0.150 e. The molecule has 0 unspecified atom stereocenters. The lowest BCUT2D eigenvalue weighted by Crippen LogP contribution is -2.36. The number of carbonyl (C=O) groups excluding carboxylic acids is 1. The molecule has 3 aromatic rings. The van der Waals surface area contributed by atoms with Crippen molar-refractivity contribution in [1.29, 1.82) is 0 Å². The number of para-hydroxylation sites is 1. The largest absolute Gasteiger partial charge is 0.493 e. The number of hydrogen-bond donors (Lipinski definition) is 1. The lowest BCUT2D eigenvalue weighted by molar-refractivity contribution is 0.112. The average Bonchev–Trinajstić information content (AvgIpc) is 2.98. The number of benzene rings is 2. The van der Waals surface area contributed by atoms with Gasteiger partial charge in [-0.25, -0.2) is 0 Å². The van der Waals surface area contributed by atoms with Crippen LogP contribution >= 0.6 is 0 Å². The highest BCUT2D eigenvalue weighted by molar-refractivity contribution is 6.00. The molecule has 0 aliphatic heterocycles. The van der Waals surface area contributed by atoms with Crippen molar-refractivity contribution in [2.24, 2.45) is 7.05 Å². The molecule has 27 heavy (non-hydrogen) atoms. The van der Waals surface area contributed by atoms with Gasteiger partial charge in [-0.3, -0.25) is 4.79 Å². The van der Waals surface area contributed by atoms with Crippen molar-refractivity contribution in [2.75, 3.05) is 13.2 Å². The first-order valence-electron chi connectivity index (χ1n) is 9.41. The Morgan fingerprint density at radius 3 is 2.63 bits per heavy atom. The highest BCUT2D eigenvalue weighted by Gasteiger charge is 2.14. The molecule has 0 fully saturated rings. The molecule has 3 rings (SSSR count). The van der Waals surface area contributed by atoms with Gasteiger partial charge in [0.05, 0.1) is 12.3 Å². The van der Waals surface area contributed by atoms with E-state index in [2.05, 4.69) is 42.8 Å². The maximum absolute atomic E-state index is 11.4. The van der Waals surface area contributed by atoms with Gasteiger partial charge in [-0.05, 0) is 58.0 Å². The molecule has 0 saturated heterocycles. The number of aryl methyl sites for hydroxylation is 1.